The lowest BCUT2D eigenvalue weighted by Crippen LogP contribution is -2.65. The van der Waals surface area contributed by atoms with Gasteiger partial charge in [-0.05, 0) is 57.8 Å². The lowest BCUT2D eigenvalue weighted by atomic mass is 9.97. The first-order valence-electron chi connectivity index (χ1n) is 29.9. The molecule has 0 saturated carbocycles. The van der Waals surface area contributed by atoms with Crippen molar-refractivity contribution in [3.8, 4) is 0 Å². The minimum Gasteiger partial charge on any atom is -0.394 e. The molecule has 2 aliphatic rings. The molecule has 1 amide bonds. The van der Waals surface area contributed by atoms with Gasteiger partial charge in [0.05, 0.1) is 32.0 Å². The van der Waals surface area contributed by atoms with Crippen molar-refractivity contribution in [2.24, 2.45) is 0 Å². The highest BCUT2D eigenvalue weighted by Crippen LogP contribution is 2.30. The number of nitrogens with one attached hydrogen (secondary N) is 1. The number of aliphatic hydroxyl groups excluding tert-OH is 8. The van der Waals surface area contributed by atoms with Gasteiger partial charge in [-0.25, -0.2) is 0 Å². The highest BCUT2D eigenvalue weighted by Gasteiger charge is 2.51. The summed E-state index contributed by atoms with van der Waals surface area (Å²) >= 11 is 0. The summed E-state index contributed by atoms with van der Waals surface area (Å²) in [6, 6.07) is -0.927. The molecule has 0 aromatic rings. The van der Waals surface area contributed by atoms with Crippen LogP contribution in [0.1, 0.15) is 232 Å². The van der Waals surface area contributed by atoms with Crippen LogP contribution in [0.4, 0.5) is 0 Å². The molecule has 2 fully saturated rings. The lowest BCUT2D eigenvalue weighted by Gasteiger charge is -2.46. The zero-order chi connectivity index (χ0) is 53.9. The number of rotatable bonds is 47. The summed E-state index contributed by atoms with van der Waals surface area (Å²) < 4.78 is 22.6. The van der Waals surface area contributed by atoms with Gasteiger partial charge in [0.2, 0.25) is 5.91 Å². The van der Waals surface area contributed by atoms with Crippen LogP contribution in [0.3, 0.4) is 0 Å². The molecular weight excluding hydrogens is 943 g/mol. The van der Waals surface area contributed by atoms with Gasteiger partial charge in [-0.3, -0.25) is 4.79 Å². The molecule has 14 nitrogen and oxygen atoms in total. The van der Waals surface area contributed by atoms with E-state index in [-0.39, 0.29) is 18.9 Å². The van der Waals surface area contributed by atoms with E-state index in [1.165, 1.54) is 154 Å². The summed E-state index contributed by atoms with van der Waals surface area (Å²) in [6.07, 6.45) is 40.9. The number of hydrogen-bond acceptors (Lipinski definition) is 13. The van der Waals surface area contributed by atoms with Gasteiger partial charge < -0.3 is 65.1 Å². The first-order chi connectivity index (χ1) is 36.1. The Bertz CT molecular complexity index is 1430. The number of amides is 1. The van der Waals surface area contributed by atoms with Crippen molar-refractivity contribution in [1.29, 1.82) is 0 Å². The predicted molar refractivity (Wildman–Crippen MR) is 295 cm³/mol. The van der Waals surface area contributed by atoms with Gasteiger partial charge in [0.1, 0.15) is 48.8 Å². The Morgan fingerprint density at radius 2 is 0.932 bits per heavy atom. The third-order valence-electron chi connectivity index (χ3n) is 14.5. The van der Waals surface area contributed by atoms with Crippen LogP contribution in [0.25, 0.3) is 0 Å². The molecule has 2 saturated heterocycles. The number of unbranched alkanes of at least 4 members (excludes halogenated alkanes) is 28. The molecule has 2 aliphatic heterocycles. The zero-order valence-corrected chi connectivity index (χ0v) is 46.3. The maximum Gasteiger partial charge on any atom is 0.220 e. The van der Waals surface area contributed by atoms with Crippen LogP contribution in [0.15, 0.2) is 48.6 Å². The quantitative estimate of drug-likeness (QED) is 0.0205. The smallest absolute Gasteiger partial charge is 0.220 e. The Kier molecular flexibility index (Phi) is 42.2. The Hall–Kier alpha value is -2.05. The topological polar surface area (TPSA) is 228 Å². The SMILES string of the molecule is CCC/C=C/CC/C=C/C(O)C(COC1OC(CO)C(OC2OC(CO)C(O)C(O)C2O)C(O)C1O)NC(=O)CCCCCCCCCCCCCCCCCCCCCCC/C=C\C/C=C\CCCCCCC. The van der Waals surface area contributed by atoms with Crippen LogP contribution in [0, 0.1) is 0 Å². The van der Waals surface area contributed by atoms with Crippen LogP contribution < -0.4 is 5.32 Å². The molecule has 14 heteroatoms. The van der Waals surface area contributed by atoms with E-state index in [0.717, 1.165) is 44.9 Å². The van der Waals surface area contributed by atoms with Crippen molar-refractivity contribution in [3.63, 3.8) is 0 Å². The van der Waals surface area contributed by atoms with Gasteiger partial charge in [0.15, 0.2) is 12.6 Å². The van der Waals surface area contributed by atoms with E-state index in [1.54, 1.807) is 6.08 Å². The third-order valence-corrected chi connectivity index (χ3v) is 14.5. The molecule has 9 N–H and O–H groups in total. The largest absolute Gasteiger partial charge is 0.394 e. The van der Waals surface area contributed by atoms with Gasteiger partial charge in [-0.1, -0.05) is 217 Å². The van der Waals surface area contributed by atoms with Gasteiger partial charge in [0, 0.05) is 6.42 Å². The first-order valence-corrected chi connectivity index (χ1v) is 29.9. The second-order valence-electron chi connectivity index (χ2n) is 21.1. The Morgan fingerprint density at radius 3 is 1.45 bits per heavy atom. The summed E-state index contributed by atoms with van der Waals surface area (Å²) in [5, 5.41) is 86.5. The third kappa shape index (κ3) is 31.4. The van der Waals surface area contributed by atoms with E-state index in [2.05, 4.69) is 55.6 Å². The average Bonchev–Trinajstić information content (AvgIpc) is 3.40. The van der Waals surface area contributed by atoms with Crippen molar-refractivity contribution in [2.45, 2.75) is 306 Å². The summed E-state index contributed by atoms with van der Waals surface area (Å²) in [7, 11) is 0. The monoisotopic (exact) mass is 1050 g/mol. The van der Waals surface area contributed by atoms with Crippen molar-refractivity contribution in [1.82, 2.24) is 5.32 Å². The van der Waals surface area contributed by atoms with E-state index < -0.39 is 86.8 Å². The van der Waals surface area contributed by atoms with Crippen molar-refractivity contribution in [3.05, 3.63) is 48.6 Å². The molecule has 74 heavy (non-hydrogen) atoms. The normalized spacial score (nSPS) is 25.5. The number of hydrogen-bond donors (Lipinski definition) is 9. The molecule has 2 rings (SSSR count). The number of aliphatic hydroxyl groups is 8. The maximum atomic E-state index is 13.2. The summed E-state index contributed by atoms with van der Waals surface area (Å²) in [5.41, 5.74) is 0. The molecule has 0 aliphatic carbocycles. The van der Waals surface area contributed by atoms with E-state index >= 15 is 0 Å². The van der Waals surface area contributed by atoms with Gasteiger partial charge >= 0.3 is 0 Å². The van der Waals surface area contributed by atoms with E-state index in [1.807, 2.05) is 6.08 Å². The fraction of sp³-hybridized carbons (Fsp3) is 0.850. The molecule has 12 unspecified atom stereocenters. The lowest BCUT2D eigenvalue weighted by molar-refractivity contribution is -0.359. The number of carbonyl (C=O) groups is 1. The molecule has 0 aromatic carbocycles. The maximum absolute atomic E-state index is 13.2. The van der Waals surface area contributed by atoms with Gasteiger partial charge in [-0.15, -0.1) is 0 Å². The van der Waals surface area contributed by atoms with Crippen LogP contribution >= 0.6 is 0 Å². The molecule has 0 bridgehead atoms. The summed E-state index contributed by atoms with van der Waals surface area (Å²) in [4.78, 5) is 13.2. The minimum absolute atomic E-state index is 0.252. The number of carbonyl (C=O) groups excluding carboxylic acids is 1. The zero-order valence-electron chi connectivity index (χ0n) is 46.3. The van der Waals surface area contributed by atoms with E-state index in [9.17, 15) is 45.6 Å². The minimum atomic E-state index is -1.79. The average molecular weight is 1050 g/mol. The van der Waals surface area contributed by atoms with Crippen molar-refractivity contribution >= 4 is 5.91 Å². The van der Waals surface area contributed by atoms with Crippen LogP contribution in [-0.2, 0) is 23.7 Å². The molecule has 12 atom stereocenters. The molecule has 0 spiro atoms. The van der Waals surface area contributed by atoms with Crippen LogP contribution in [0.5, 0.6) is 0 Å². The van der Waals surface area contributed by atoms with Crippen molar-refractivity contribution in [2.75, 3.05) is 19.8 Å². The summed E-state index contributed by atoms with van der Waals surface area (Å²) in [5.74, 6) is -0.252. The predicted octanol–water partition coefficient (Wildman–Crippen LogP) is 10.0. The highest BCUT2D eigenvalue weighted by atomic mass is 16.7. The van der Waals surface area contributed by atoms with Gasteiger partial charge in [0.25, 0.3) is 0 Å². The van der Waals surface area contributed by atoms with E-state index in [0.29, 0.717) is 12.8 Å². The molecular formula is C60H109NO13. The van der Waals surface area contributed by atoms with Gasteiger partial charge in [-0.2, -0.15) is 0 Å². The molecule has 0 radical (unpaired) electrons. The number of allylic oxidation sites excluding steroid dienone is 7. The Morgan fingerprint density at radius 1 is 0.486 bits per heavy atom. The number of ether oxygens (including phenoxy) is 4. The fourth-order valence-electron chi connectivity index (χ4n) is 9.64. The second kappa shape index (κ2) is 45.9. The van der Waals surface area contributed by atoms with Crippen LogP contribution in [0.2, 0.25) is 0 Å². The first kappa shape index (κ1) is 68.1. The molecule has 2 heterocycles. The Balaban J connectivity index is 1.56. The van der Waals surface area contributed by atoms with Crippen molar-refractivity contribution < 1.29 is 64.6 Å². The standard InChI is InChI=1S/C60H109NO13/c1-3-5-7-9-11-12-13-14-15-16-17-18-19-20-21-22-23-24-25-26-27-28-29-30-31-32-33-34-35-36-38-40-42-44-52(65)61-48(49(64)43-41-39-37-10-8-6-4-2)47-71-59-57(70)55(68)58(51(46-63)73-59)74-60-56(69)54(67)53(66)50(45-62)72-60/h8,10,13-14,16-17,41,43,48-51,53-60,62-64,66-70H,3-7,9,11-12,15,18-40,42,44-47H2,1-2H3,(H,61,65)/b10-8+,14-13-,17-16-,43-41+. The fourth-order valence-corrected chi connectivity index (χ4v) is 9.64. The van der Waals surface area contributed by atoms with E-state index in [4.69, 9.17) is 18.9 Å². The molecule has 432 valence electrons. The Labute approximate surface area is 448 Å². The second-order valence-corrected chi connectivity index (χ2v) is 21.1. The molecule has 0 aromatic heterocycles. The van der Waals surface area contributed by atoms with Crippen LogP contribution in [-0.4, -0.2) is 140 Å². The summed E-state index contributed by atoms with van der Waals surface area (Å²) in [6.45, 7) is 2.65. The highest BCUT2D eigenvalue weighted by molar-refractivity contribution is 5.76.